The molecule has 0 rings (SSSR count). The summed E-state index contributed by atoms with van der Waals surface area (Å²) in [7, 11) is 0. The molecule has 2 N–H and O–H groups in total. The molecule has 0 radical (unpaired) electrons. The minimum absolute atomic E-state index is 0.272. The summed E-state index contributed by atoms with van der Waals surface area (Å²) in [4.78, 5) is 11.7. The number of carbonyl (C=O) groups excluding carboxylic acids is 1. The molecule has 0 aromatic carbocycles. The van der Waals surface area contributed by atoms with Gasteiger partial charge >= 0.3 is 6.09 Å². The third-order valence-corrected chi connectivity index (χ3v) is 3.41. The second-order valence-electron chi connectivity index (χ2n) is 7.30. The zero-order valence-corrected chi connectivity index (χ0v) is 15.1. The van der Waals surface area contributed by atoms with Crippen molar-refractivity contribution in [1.82, 2.24) is 10.6 Å². The van der Waals surface area contributed by atoms with Crippen molar-refractivity contribution in [3.05, 3.63) is 0 Å². The van der Waals surface area contributed by atoms with Crippen LogP contribution in [0.3, 0.4) is 0 Å². The van der Waals surface area contributed by atoms with Gasteiger partial charge in [-0.2, -0.15) is 0 Å². The van der Waals surface area contributed by atoms with E-state index in [1.807, 2.05) is 20.8 Å². The molecule has 0 aromatic heterocycles. The van der Waals surface area contributed by atoms with Gasteiger partial charge in [-0.3, -0.25) is 0 Å². The number of alkyl carbamates (subject to hydrolysis) is 1. The lowest BCUT2D eigenvalue weighted by Crippen LogP contribution is -2.48. The second-order valence-corrected chi connectivity index (χ2v) is 7.30. The van der Waals surface area contributed by atoms with E-state index >= 15 is 0 Å². The molecule has 0 saturated heterocycles. The van der Waals surface area contributed by atoms with Crippen LogP contribution in [-0.4, -0.2) is 30.3 Å². The summed E-state index contributed by atoms with van der Waals surface area (Å²) in [6.45, 7) is 15.0. The van der Waals surface area contributed by atoms with Crippen molar-refractivity contribution in [2.45, 2.75) is 91.8 Å². The Hall–Kier alpha value is -0.770. The summed E-state index contributed by atoms with van der Waals surface area (Å²) in [5.41, 5.74) is -0.446. The maximum Gasteiger partial charge on any atom is 0.407 e. The zero-order chi connectivity index (χ0) is 16.5. The SMILES string of the molecule is CCCCCC(C)NC(CNC(=O)OC(C)(C)C)C(C)C. The molecule has 2 atom stereocenters. The number of amides is 1. The van der Waals surface area contributed by atoms with Gasteiger partial charge in [0.1, 0.15) is 5.60 Å². The summed E-state index contributed by atoms with van der Waals surface area (Å²) in [6, 6.07) is 0.749. The van der Waals surface area contributed by atoms with E-state index in [2.05, 4.69) is 38.3 Å². The molecule has 21 heavy (non-hydrogen) atoms. The second kappa shape index (κ2) is 10.0. The third-order valence-electron chi connectivity index (χ3n) is 3.41. The third kappa shape index (κ3) is 11.6. The van der Waals surface area contributed by atoms with Crippen molar-refractivity contribution < 1.29 is 9.53 Å². The Balaban J connectivity index is 4.16. The Kier molecular flexibility index (Phi) is 9.67. The van der Waals surface area contributed by atoms with Crippen LogP contribution in [0.4, 0.5) is 4.79 Å². The molecular weight excluding hydrogens is 264 g/mol. The first-order chi connectivity index (χ1) is 9.65. The Bertz CT molecular complexity index is 285. The van der Waals surface area contributed by atoms with Gasteiger partial charge in [0.15, 0.2) is 0 Å². The molecule has 0 heterocycles. The smallest absolute Gasteiger partial charge is 0.407 e. The molecule has 1 amide bonds. The molecule has 0 aliphatic carbocycles. The summed E-state index contributed by atoms with van der Waals surface area (Å²) in [6.07, 6.45) is 4.64. The van der Waals surface area contributed by atoms with Gasteiger partial charge in [-0.15, -0.1) is 0 Å². The number of carbonyl (C=O) groups is 1. The van der Waals surface area contributed by atoms with E-state index in [-0.39, 0.29) is 12.1 Å². The van der Waals surface area contributed by atoms with Crippen molar-refractivity contribution in [2.24, 2.45) is 5.92 Å². The van der Waals surface area contributed by atoms with E-state index in [1.54, 1.807) is 0 Å². The van der Waals surface area contributed by atoms with Crippen molar-refractivity contribution in [2.75, 3.05) is 6.54 Å². The predicted octanol–water partition coefficient (Wildman–Crippen LogP) is 4.09. The molecule has 2 unspecified atom stereocenters. The maximum absolute atomic E-state index is 11.7. The average molecular weight is 300 g/mol. The Labute approximate surface area is 131 Å². The summed E-state index contributed by atoms with van der Waals surface area (Å²) >= 11 is 0. The van der Waals surface area contributed by atoms with Crippen LogP contribution in [0.5, 0.6) is 0 Å². The normalized spacial score (nSPS) is 14.9. The summed E-state index contributed by atoms with van der Waals surface area (Å²) in [5, 5.41) is 6.49. The van der Waals surface area contributed by atoms with Crippen LogP contribution in [0.25, 0.3) is 0 Å². The van der Waals surface area contributed by atoms with E-state index < -0.39 is 5.60 Å². The van der Waals surface area contributed by atoms with E-state index in [4.69, 9.17) is 4.74 Å². The van der Waals surface area contributed by atoms with Gasteiger partial charge in [0.2, 0.25) is 0 Å². The van der Waals surface area contributed by atoms with Crippen LogP contribution in [0.2, 0.25) is 0 Å². The van der Waals surface area contributed by atoms with Gasteiger partial charge < -0.3 is 15.4 Å². The van der Waals surface area contributed by atoms with E-state index in [9.17, 15) is 4.79 Å². The molecule has 126 valence electrons. The first-order valence-corrected chi connectivity index (χ1v) is 8.38. The van der Waals surface area contributed by atoms with Crippen molar-refractivity contribution >= 4 is 6.09 Å². The average Bonchev–Trinajstić information content (AvgIpc) is 2.32. The van der Waals surface area contributed by atoms with Crippen molar-refractivity contribution in [3.8, 4) is 0 Å². The number of hydrogen-bond donors (Lipinski definition) is 2. The van der Waals surface area contributed by atoms with Crippen molar-refractivity contribution in [3.63, 3.8) is 0 Å². The largest absolute Gasteiger partial charge is 0.444 e. The fourth-order valence-electron chi connectivity index (χ4n) is 2.14. The van der Waals surface area contributed by atoms with E-state index in [0.717, 1.165) is 0 Å². The lowest BCUT2D eigenvalue weighted by atomic mass is 10.0. The first kappa shape index (κ1) is 20.2. The monoisotopic (exact) mass is 300 g/mol. The molecule has 4 heteroatoms. The minimum atomic E-state index is -0.446. The summed E-state index contributed by atoms with van der Waals surface area (Å²) in [5.74, 6) is 0.466. The van der Waals surface area contributed by atoms with Gasteiger partial charge in [-0.25, -0.2) is 4.79 Å². The number of nitrogens with one attached hydrogen (secondary N) is 2. The topological polar surface area (TPSA) is 50.4 Å². The lowest BCUT2D eigenvalue weighted by molar-refractivity contribution is 0.0518. The van der Waals surface area contributed by atoms with E-state index in [0.29, 0.717) is 18.5 Å². The van der Waals surface area contributed by atoms with Crippen LogP contribution in [0, 0.1) is 5.92 Å². The van der Waals surface area contributed by atoms with Gasteiger partial charge in [0, 0.05) is 18.6 Å². The number of rotatable bonds is 9. The van der Waals surface area contributed by atoms with Crippen LogP contribution < -0.4 is 10.6 Å². The van der Waals surface area contributed by atoms with Crippen LogP contribution in [0.1, 0.15) is 74.1 Å². The Morgan fingerprint density at radius 3 is 2.24 bits per heavy atom. The molecule has 0 saturated carbocycles. The molecular formula is C17H36N2O2. The highest BCUT2D eigenvalue weighted by atomic mass is 16.6. The number of unbranched alkanes of at least 4 members (excludes halogenated alkanes) is 2. The van der Waals surface area contributed by atoms with E-state index in [1.165, 1.54) is 25.7 Å². The molecule has 0 fully saturated rings. The molecule has 0 aromatic rings. The fourth-order valence-corrected chi connectivity index (χ4v) is 2.14. The fraction of sp³-hybridized carbons (Fsp3) is 0.941. The minimum Gasteiger partial charge on any atom is -0.444 e. The quantitative estimate of drug-likeness (QED) is 0.630. The van der Waals surface area contributed by atoms with Gasteiger partial charge in [0.25, 0.3) is 0 Å². The highest BCUT2D eigenvalue weighted by Gasteiger charge is 2.20. The highest BCUT2D eigenvalue weighted by molar-refractivity contribution is 5.67. The lowest BCUT2D eigenvalue weighted by Gasteiger charge is -2.27. The molecule has 0 bridgehead atoms. The maximum atomic E-state index is 11.7. The highest BCUT2D eigenvalue weighted by Crippen LogP contribution is 2.09. The van der Waals surface area contributed by atoms with Crippen LogP contribution in [-0.2, 0) is 4.74 Å². The zero-order valence-electron chi connectivity index (χ0n) is 15.1. The van der Waals surface area contributed by atoms with Gasteiger partial charge in [-0.1, -0.05) is 40.0 Å². The number of hydrogen-bond acceptors (Lipinski definition) is 3. The predicted molar refractivity (Wildman–Crippen MR) is 89.6 cm³/mol. The van der Waals surface area contributed by atoms with Crippen molar-refractivity contribution in [1.29, 1.82) is 0 Å². The van der Waals surface area contributed by atoms with Crippen LogP contribution in [0.15, 0.2) is 0 Å². The molecule has 0 aliphatic rings. The Morgan fingerprint density at radius 2 is 1.76 bits per heavy atom. The Morgan fingerprint density at radius 1 is 1.14 bits per heavy atom. The molecule has 4 nitrogen and oxygen atoms in total. The number of ether oxygens (including phenoxy) is 1. The van der Waals surface area contributed by atoms with Gasteiger partial charge in [0.05, 0.1) is 0 Å². The standard InChI is InChI=1S/C17H36N2O2/c1-8-9-10-11-14(4)19-15(13(2)3)12-18-16(20)21-17(5,6)7/h13-15,19H,8-12H2,1-7H3,(H,18,20). The summed E-state index contributed by atoms with van der Waals surface area (Å²) < 4.78 is 5.27. The van der Waals surface area contributed by atoms with Crippen LogP contribution >= 0.6 is 0 Å². The molecule has 0 aliphatic heterocycles. The van der Waals surface area contributed by atoms with Gasteiger partial charge in [-0.05, 0) is 40.0 Å². The first-order valence-electron chi connectivity index (χ1n) is 8.38. The molecule has 0 spiro atoms.